The second-order valence-corrected chi connectivity index (χ2v) is 5.85. The van der Waals surface area contributed by atoms with Gasteiger partial charge in [-0.15, -0.1) is 0 Å². The van der Waals surface area contributed by atoms with Crippen LogP contribution in [0.1, 0.15) is 12.5 Å². The maximum Gasteiger partial charge on any atom is 0.0423 e. The number of nitrogens with one attached hydrogen (secondary N) is 1. The molecule has 0 radical (unpaired) electrons. The number of rotatable bonds is 3. The van der Waals surface area contributed by atoms with E-state index in [1.54, 1.807) is 0 Å². The Morgan fingerprint density at radius 3 is 2.22 bits per heavy atom. The quantitative estimate of drug-likeness (QED) is 0.468. The molecule has 0 aliphatic heterocycles. The zero-order valence-corrected chi connectivity index (χ0v) is 13.2. The number of benzene rings is 4. The molecule has 0 saturated carbocycles. The average molecular weight is 297 g/mol. The van der Waals surface area contributed by atoms with Crippen molar-refractivity contribution in [3.8, 4) is 0 Å². The summed E-state index contributed by atoms with van der Waals surface area (Å²) in [5, 5.41) is 8.77. The second kappa shape index (κ2) is 5.77. The Morgan fingerprint density at radius 2 is 1.39 bits per heavy atom. The summed E-state index contributed by atoms with van der Waals surface area (Å²) < 4.78 is 0. The van der Waals surface area contributed by atoms with Gasteiger partial charge in [0.2, 0.25) is 0 Å². The number of fused-ring (bicyclic) bond motifs is 2. The van der Waals surface area contributed by atoms with Gasteiger partial charge in [-0.25, -0.2) is 0 Å². The first kappa shape index (κ1) is 13.8. The van der Waals surface area contributed by atoms with E-state index < -0.39 is 0 Å². The van der Waals surface area contributed by atoms with Gasteiger partial charge in [0.05, 0.1) is 0 Å². The molecular weight excluding hydrogens is 278 g/mol. The van der Waals surface area contributed by atoms with Crippen molar-refractivity contribution in [3.63, 3.8) is 0 Å². The molecule has 0 fully saturated rings. The Hall–Kier alpha value is -2.80. The van der Waals surface area contributed by atoms with E-state index in [1.807, 2.05) is 0 Å². The smallest absolute Gasteiger partial charge is 0.0423 e. The summed E-state index contributed by atoms with van der Waals surface area (Å²) in [5.74, 6) is 0. The predicted octanol–water partition coefficient (Wildman–Crippen LogP) is 6.30. The molecular formula is C22H19N. The first-order valence-electron chi connectivity index (χ1n) is 8.11. The molecule has 0 heterocycles. The zero-order chi connectivity index (χ0) is 15.6. The van der Waals surface area contributed by atoms with Crippen LogP contribution in [0.3, 0.4) is 0 Å². The lowest BCUT2D eigenvalue weighted by atomic mass is 10.0. The van der Waals surface area contributed by atoms with E-state index in [9.17, 15) is 0 Å². The van der Waals surface area contributed by atoms with Crippen LogP contribution in [-0.2, 0) is 6.42 Å². The Balaban J connectivity index is 1.79. The Kier molecular flexibility index (Phi) is 3.47. The van der Waals surface area contributed by atoms with E-state index in [-0.39, 0.29) is 0 Å². The highest BCUT2D eigenvalue weighted by atomic mass is 14.9. The SMILES string of the molecule is CCc1c(Nc2ccc3ccccc3c2)ccc2ccccc12. The highest BCUT2D eigenvalue weighted by molar-refractivity contribution is 5.92. The first-order chi connectivity index (χ1) is 11.3. The van der Waals surface area contributed by atoms with Gasteiger partial charge in [-0.2, -0.15) is 0 Å². The monoisotopic (exact) mass is 297 g/mol. The normalized spacial score (nSPS) is 11.0. The van der Waals surface area contributed by atoms with E-state index in [4.69, 9.17) is 0 Å². The van der Waals surface area contributed by atoms with Crippen LogP contribution in [0, 0.1) is 0 Å². The van der Waals surface area contributed by atoms with Crippen molar-refractivity contribution in [3.05, 3.63) is 84.4 Å². The third-order valence-corrected chi connectivity index (χ3v) is 4.42. The maximum absolute atomic E-state index is 3.61. The molecule has 23 heavy (non-hydrogen) atoms. The van der Waals surface area contributed by atoms with Gasteiger partial charge >= 0.3 is 0 Å². The molecule has 4 aromatic carbocycles. The summed E-state index contributed by atoms with van der Waals surface area (Å²) in [7, 11) is 0. The molecule has 0 saturated heterocycles. The van der Waals surface area contributed by atoms with Crippen LogP contribution < -0.4 is 5.32 Å². The molecule has 0 amide bonds. The minimum Gasteiger partial charge on any atom is -0.355 e. The number of aryl methyl sites for hydroxylation is 1. The zero-order valence-electron chi connectivity index (χ0n) is 13.2. The van der Waals surface area contributed by atoms with Crippen molar-refractivity contribution in [1.29, 1.82) is 0 Å². The van der Waals surface area contributed by atoms with Gasteiger partial charge in [0.1, 0.15) is 0 Å². The second-order valence-electron chi connectivity index (χ2n) is 5.85. The molecule has 0 aliphatic carbocycles. The molecule has 0 unspecified atom stereocenters. The fourth-order valence-electron chi connectivity index (χ4n) is 3.26. The minimum absolute atomic E-state index is 1.01. The van der Waals surface area contributed by atoms with E-state index in [2.05, 4.69) is 91.1 Å². The molecule has 1 nitrogen and oxygen atoms in total. The molecule has 1 N–H and O–H groups in total. The van der Waals surface area contributed by atoms with E-state index in [0.29, 0.717) is 0 Å². The van der Waals surface area contributed by atoms with Crippen LogP contribution in [-0.4, -0.2) is 0 Å². The molecule has 4 rings (SSSR count). The van der Waals surface area contributed by atoms with Crippen LogP contribution in [0.2, 0.25) is 0 Å². The van der Waals surface area contributed by atoms with E-state index in [0.717, 1.165) is 12.1 Å². The van der Waals surface area contributed by atoms with Crippen molar-refractivity contribution in [2.24, 2.45) is 0 Å². The van der Waals surface area contributed by atoms with Crippen LogP contribution in [0.15, 0.2) is 78.9 Å². The highest BCUT2D eigenvalue weighted by Gasteiger charge is 2.06. The van der Waals surface area contributed by atoms with Gasteiger partial charge in [-0.05, 0) is 51.7 Å². The van der Waals surface area contributed by atoms with E-state index >= 15 is 0 Å². The first-order valence-corrected chi connectivity index (χ1v) is 8.11. The van der Waals surface area contributed by atoms with Gasteiger partial charge in [0, 0.05) is 11.4 Å². The van der Waals surface area contributed by atoms with Gasteiger partial charge in [-0.1, -0.05) is 67.6 Å². The standard InChI is InChI=1S/C22H19N/c1-2-20-21-10-6-5-8-17(21)12-14-22(20)23-19-13-11-16-7-3-4-9-18(16)15-19/h3-15,23H,2H2,1H3. The Labute approximate surface area is 136 Å². The largest absolute Gasteiger partial charge is 0.355 e. The minimum atomic E-state index is 1.01. The van der Waals surface area contributed by atoms with Crippen LogP contribution in [0.5, 0.6) is 0 Å². The van der Waals surface area contributed by atoms with Gasteiger partial charge in [-0.3, -0.25) is 0 Å². The van der Waals surface area contributed by atoms with Crippen molar-refractivity contribution >= 4 is 32.9 Å². The van der Waals surface area contributed by atoms with Crippen LogP contribution in [0.4, 0.5) is 11.4 Å². The van der Waals surface area contributed by atoms with Crippen LogP contribution >= 0.6 is 0 Å². The number of anilines is 2. The van der Waals surface area contributed by atoms with Crippen molar-refractivity contribution < 1.29 is 0 Å². The van der Waals surface area contributed by atoms with Gasteiger partial charge in [0.25, 0.3) is 0 Å². The van der Waals surface area contributed by atoms with E-state index in [1.165, 1.54) is 32.8 Å². The lowest BCUT2D eigenvalue weighted by Crippen LogP contribution is -1.96. The van der Waals surface area contributed by atoms with Crippen molar-refractivity contribution in [2.75, 3.05) is 5.32 Å². The van der Waals surface area contributed by atoms with Crippen LogP contribution in [0.25, 0.3) is 21.5 Å². The fraction of sp³-hybridized carbons (Fsp3) is 0.0909. The third kappa shape index (κ3) is 2.55. The number of hydrogen-bond donors (Lipinski definition) is 1. The molecule has 1 heteroatoms. The topological polar surface area (TPSA) is 12.0 Å². The summed E-state index contributed by atoms with van der Waals surface area (Å²) in [4.78, 5) is 0. The predicted molar refractivity (Wildman–Crippen MR) is 101 cm³/mol. The van der Waals surface area contributed by atoms with Gasteiger partial charge in [0.15, 0.2) is 0 Å². The fourth-order valence-corrected chi connectivity index (χ4v) is 3.26. The van der Waals surface area contributed by atoms with Gasteiger partial charge < -0.3 is 5.32 Å². The third-order valence-electron chi connectivity index (χ3n) is 4.42. The molecule has 4 aromatic rings. The summed E-state index contributed by atoms with van der Waals surface area (Å²) >= 11 is 0. The lowest BCUT2D eigenvalue weighted by Gasteiger charge is -2.14. The molecule has 0 spiro atoms. The molecule has 0 bridgehead atoms. The summed E-state index contributed by atoms with van der Waals surface area (Å²) in [6.45, 7) is 2.22. The average Bonchev–Trinajstić information content (AvgIpc) is 2.61. The molecule has 112 valence electrons. The molecule has 0 aliphatic rings. The highest BCUT2D eigenvalue weighted by Crippen LogP contribution is 2.30. The molecule has 0 atom stereocenters. The summed E-state index contributed by atoms with van der Waals surface area (Å²) in [5.41, 5.74) is 3.70. The number of hydrogen-bond acceptors (Lipinski definition) is 1. The Morgan fingerprint density at radius 1 is 0.696 bits per heavy atom. The van der Waals surface area contributed by atoms with Crippen molar-refractivity contribution in [1.82, 2.24) is 0 Å². The maximum atomic E-state index is 3.61. The van der Waals surface area contributed by atoms with Crippen molar-refractivity contribution in [2.45, 2.75) is 13.3 Å². The summed E-state index contributed by atoms with van der Waals surface area (Å²) in [6, 6.07) is 28.0. The Bertz CT molecular complexity index is 985. The summed E-state index contributed by atoms with van der Waals surface area (Å²) in [6.07, 6.45) is 1.01. The molecule has 0 aromatic heterocycles. The lowest BCUT2D eigenvalue weighted by molar-refractivity contribution is 1.16.